The van der Waals surface area contributed by atoms with Crippen LogP contribution in [-0.2, 0) is 14.4 Å². The third-order valence-electron chi connectivity index (χ3n) is 5.05. The molecule has 18 heavy (non-hydrogen) atoms. The number of imide groups is 1. The van der Waals surface area contributed by atoms with E-state index in [0.29, 0.717) is 11.8 Å². The molecule has 2 saturated carbocycles. The van der Waals surface area contributed by atoms with Crippen molar-refractivity contribution in [1.29, 1.82) is 0 Å². The van der Waals surface area contributed by atoms with Gasteiger partial charge in [-0.05, 0) is 30.1 Å². The molecule has 1 heterocycles. The number of rotatable bonds is 2. The second-order valence-corrected chi connectivity index (χ2v) is 5.81. The largest absolute Gasteiger partial charge is 0.480 e. The lowest BCUT2D eigenvalue weighted by Gasteiger charge is -2.37. The number of allylic oxidation sites excluding steroid dienone is 2. The molecule has 6 atom stereocenters. The van der Waals surface area contributed by atoms with Crippen LogP contribution in [0.15, 0.2) is 12.2 Å². The highest BCUT2D eigenvalue weighted by molar-refractivity contribution is 6.07. The third-order valence-corrected chi connectivity index (χ3v) is 5.05. The molecule has 5 nitrogen and oxygen atoms in total. The first-order chi connectivity index (χ1) is 8.59. The van der Waals surface area contributed by atoms with Gasteiger partial charge in [-0.25, -0.2) is 0 Å². The molecule has 0 aromatic rings. The molecule has 1 aliphatic heterocycles. The average Bonchev–Trinajstić information content (AvgIpc) is 3.11. The molecule has 1 N–H and O–H groups in total. The third kappa shape index (κ3) is 1.05. The van der Waals surface area contributed by atoms with E-state index in [-0.39, 0.29) is 35.5 Å². The highest BCUT2D eigenvalue weighted by Crippen LogP contribution is 2.65. The van der Waals surface area contributed by atoms with Gasteiger partial charge < -0.3 is 5.11 Å². The van der Waals surface area contributed by atoms with Crippen LogP contribution in [-0.4, -0.2) is 34.3 Å². The molecule has 1 saturated heterocycles. The number of nitrogens with zero attached hydrogens (tertiary/aromatic N) is 1. The van der Waals surface area contributed by atoms with Gasteiger partial charge in [-0.2, -0.15) is 0 Å². The molecule has 0 aromatic heterocycles. The fourth-order valence-corrected chi connectivity index (χ4v) is 4.31. The lowest BCUT2D eigenvalue weighted by Crippen LogP contribution is -2.40. The summed E-state index contributed by atoms with van der Waals surface area (Å²) in [6, 6.07) is 0. The molecule has 4 aliphatic carbocycles. The van der Waals surface area contributed by atoms with Crippen molar-refractivity contribution >= 4 is 17.8 Å². The van der Waals surface area contributed by atoms with E-state index < -0.39 is 12.5 Å². The van der Waals surface area contributed by atoms with E-state index >= 15 is 0 Å². The molecule has 0 radical (unpaired) electrons. The molecule has 94 valence electrons. The standard InChI is InChI=1S/C13H13NO4/c15-9(16)4-14-12(17)10-5-1-2-6(8-3-7(5)8)11(10)13(14)18/h1-2,5-8,10-11H,3-4H2,(H,15,16)/t5-,6-,7-,8+,10+,11-/m1/s1. The normalized spacial score (nSPS) is 47.2. The minimum absolute atomic E-state index is 0.167. The van der Waals surface area contributed by atoms with E-state index in [2.05, 4.69) is 12.2 Å². The van der Waals surface area contributed by atoms with Crippen LogP contribution in [0.4, 0.5) is 0 Å². The van der Waals surface area contributed by atoms with Gasteiger partial charge in [-0.3, -0.25) is 19.3 Å². The van der Waals surface area contributed by atoms with Crippen LogP contribution in [0, 0.1) is 35.5 Å². The topological polar surface area (TPSA) is 74.7 Å². The summed E-state index contributed by atoms with van der Waals surface area (Å²) in [6.07, 6.45) is 5.28. The first-order valence-electron chi connectivity index (χ1n) is 6.35. The van der Waals surface area contributed by atoms with Crippen molar-refractivity contribution < 1.29 is 19.5 Å². The maximum Gasteiger partial charge on any atom is 0.323 e. The van der Waals surface area contributed by atoms with Crippen LogP contribution in [0.5, 0.6) is 0 Å². The van der Waals surface area contributed by atoms with E-state index in [1.807, 2.05) is 0 Å². The molecule has 0 unspecified atom stereocenters. The number of carbonyl (C=O) groups is 3. The van der Waals surface area contributed by atoms with Gasteiger partial charge in [0.05, 0.1) is 11.8 Å². The lowest BCUT2D eigenvalue weighted by molar-refractivity contribution is -0.149. The number of amides is 2. The predicted octanol–water partition coefficient (Wildman–Crippen LogP) is 0.124. The Morgan fingerprint density at radius 2 is 1.67 bits per heavy atom. The summed E-state index contributed by atoms with van der Waals surface area (Å²) in [5.41, 5.74) is 0. The number of carboxylic acid groups (broad SMARTS) is 1. The van der Waals surface area contributed by atoms with Gasteiger partial charge in [0.1, 0.15) is 6.54 Å². The first kappa shape index (κ1) is 10.3. The SMILES string of the molecule is O=C(O)CN1C(=O)[C@@H]2[C@@H]3C=C[C@H]([C@H]4C[C@@H]34)[C@@H]2C1=O. The average molecular weight is 247 g/mol. The summed E-state index contributed by atoms with van der Waals surface area (Å²) >= 11 is 0. The molecule has 3 fully saturated rings. The number of aliphatic carboxylic acids is 1. The number of carbonyl (C=O) groups excluding carboxylic acids is 2. The van der Waals surface area contributed by atoms with E-state index in [1.165, 1.54) is 0 Å². The van der Waals surface area contributed by atoms with Crippen molar-refractivity contribution in [3.8, 4) is 0 Å². The number of carboxylic acids is 1. The Labute approximate surface area is 103 Å². The fraction of sp³-hybridized carbons (Fsp3) is 0.615. The van der Waals surface area contributed by atoms with Gasteiger partial charge >= 0.3 is 5.97 Å². The Morgan fingerprint density at radius 3 is 2.11 bits per heavy atom. The van der Waals surface area contributed by atoms with Crippen molar-refractivity contribution in [2.45, 2.75) is 6.42 Å². The number of hydrogen-bond acceptors (Lipinski definition) is 3. The zero-order valence-corrected chi connectivity index (χ0v) is 9.65. The predicted molar refractivity (Wildman–Crippen MR) is 59.1 cm³/mol. The number of hydrogen-bond donors (Lipinski definition) is 1. The minimum Gasteiger partial charge on any atom is -0.480 e. The second-order valence-electron chi connectivity index (χ2n) is 5.81. The fourth-order valence-electron chi connectivity index (χ4n) is 4.31. The van der Waals surface area contributed by atoms with E-state index in [1.54, 1.807) is 0 Å². The quantitative estimate of drug-likeness (QED) is 0.555. The Kier molecular flexibility index (Phi) is 1.73. The van der Waals surface area contributed by atoms with Crippen LogP contribution in [0.1, 0.15) is 6.42 Å². The summed E-state index contributed by atoms with van der Waals surface area (Å²) in [4.78, 5) is 36.2. The Balaban J connectivity index is 1.72. The van der Waals surface area contributed by atoms with Crippen LogP contribution in [0.25, 0.3) is 0 Å². The molecular formula is C13H13NO4. The first-order valence-corrected chi connectivity index (χ1v) is 6.35. The van der Waals surface area contributed by atoms with Gasteiger partial charge in [-0.15, -0.1) is 0 Å². The Hall–Kier alpha value is -1.65. The molecule has 2 bridgehead atoms. The second kappa shape index (κ2) is 3.02. The molecule has 5 aliphatic rings. The summed E-state index contributed by atoms with van der Waals surface area (Å²) in [5, 5.41) is 8.79. The van der Waals surface area contributed by atoms with Crippen molar-refractivity contribution in [2.75, 3.05) is 6.54 Å². The van der Waals surface area contributed by atoms with E-state index in [4.69, 9.17) is 5.11 Å². The van der Waals surface area contributed by atoms with Gasteiger partial charge in [0.15, 0.2) is 0 Å². The van der Waals surface area contributed by atoms with Gasteiger partial charge in [0.2, 0.25) is 11.8 Å². The van der Waals surface area contributed by atoms with Gasteiger partial charge in [0.25, 0.3) is 0 Å². The monoisotopic (exact) mass is 247 g/mol. The zero-order valence-electron chi connectivity index (χ0n) is 9.65. The minimum atomic E-state index is -1.12. The highest BCUT2D eigenvalue weighted by Gasteiger charge is 2.67. The molecule has 0 aromatic carbocycles. The lowest BCUT2D eigenvalue weighted by atomic mass is 9.63. The summed E-state index contributed by atoms with van der Waals surface area (Å²) in [6.45, 7) is -0.487. The van der Waals surface area contributed by atoms with Gasteiger partial charge in [0, 0.05) is 0 Å². The molecular weight excluding hydrogens is 234 g/mol. The Morgan fingerprint density at radius 1 is 1.17 bits per heavy atom. The van der Waals surface area contributed by atoms with Crippen molar-refractivity contribution in [3.63, 3.8) is 0 Å². The summed E-state index contributed by atoms with van der Waals surface area (Å²) < 4.78 is 0. The molecule has 5 rings (SSSR count). The van der Waals surface area contributed by atoms with E-state index in [0.717, 1.165) is 11.3 Å². The highest BCUT2D eigenvalue weighted by atomic mass is 16.4. The molecule has 2 amide bonds. The maximum atomic E-state index is 12.2. The summed E-state index contributed by atoms with van der Waals surface area (Å²) in [5.74, 6) is -0.771. The van der Waals surface area contributed by atoms with Gasteiger partial charge in [-0.1, -0.05) is 12.2 Å². The Bertz CT molecular complexity index is 475. The smallest absolute Gasteiger partial charge is 0.323 e. The number of likely N-dealkylation sites (tertiary alicyclic amines) is 1. The van der Waals surface area contributed by atoms with Crippen LogP contribution >= 0.6 is 0 Å². The van der Waals surface area contributed by atoms with Crippen molar-refractivity contribution in [1.82, 2.24) is 4.90 Å². The zero-order chi connectivity index (χ0) is 12.6. The molecule has 5 heteroatoms. The van der Waals surface area contributed by atoms with Crippen molar-refractivity contribution in [3.05, 3.63) is 12.2 Å². The van der Waals surface area contributed by atoms with Crippen molar-refractivity contribution in [2.24, 2.45) is 35.5 Å². The summed E-state index contributed by atoms with van der Waals surface area (Å²) in [7, 11) is 0. The maximum absolute atomic E-state index is 12.2. The van der Waals surface area contributed by atoms with Crippen LogP contribution < -0.4 is 0 Å². The van der Waals surface area contributed by atoms with Crippen LogP contribution in [0.2, 0.25) is 0 Å². The van der Waals surface area contributed by atoms with E-state index in [9.17, 15) is 14.4 Å². The van der Waals surface area contributed by atoms with Crippen LogP contribution in [0.3, 0.4) is 0 Å². The molecule has 0 spiro atoms.